The van der Waals surface area contributed by atoms with E-state index in [1.54, 1.807) is 60.7 Å². The van der Waals surface area contributed by atoms with Gasteiger partial charge in [-0.3, -0.25) is 9.59 Å². The van der Waals surface area contributed by atoms with Crippen molar-refractivity contribution in [2.24, 2.45) is 5.10 Å². The Labute approximate surface area is 197 Å². The Morgan fingerprint density at radius 1 is 0.824 bits per heavy atom. The molecule has 0 spiro atoms. The predicted molar refractivity (Wildman–Crippen MR) is 129 cm³/mol. The fourth-order valence-corrected chi connectivity index (χ4v) is 2.87. The van der Waals surface area contributed by atoms with Gasteiger partial charge in [-0.05, 0) is 85.1 Å². The zero-order chi connectivity index (χ0) is 24.3. The highest BCUT2D eigenvalue weighted by atomic mass is 16.5. The molecule has 0 aliphatic heterocycles. The fraction of sp³-hybridized carbons (Fsp3) is 0.154. The highest BCUT2D eigenvalue weighted by molar-refractivity contribution is 6.39. The number of carbonyl (C=O) groups excluding carboxylic acids is 3. The summed E-state index contributed by atoms with van der Waals surface area (Å²) in [5.74, 6) is -1.17. The summed E-state index contributed by atoms with van der Waals surface area (Å²) in [4.78, 5) is 36.2. The van der Waals surface area contributed by atoms with Crippen LogP contribution in [0.2, 0.25) is 0 Å². The number of aryl methyl sites for hydroxylation is 1. The second kappa shape index (κ2) is 12.0. The summed E-state index contributed by atoms with van der Waals surface area (Å²) in [5, 5.41) is 6.30. The Bertz CT molecular complexity index is 1150. The Balaban J connectivity index is 1.48. The van der Waals surface area contributed by atoms with Crippen molar-refractivity contribution in [3.63, 3.8) is 0 Å². The van der Waals surface area contributed by atoms with Crippen LogP contribution < -0.4 is 20.2 Å². The van der Waals surface area contributed by atoms with Crippen molar-refractivity contribution in [3.8, 4) is 11.5 Å². The number of nitrogens with one attached hydrogen (secondary N) is 2. The maximum atomic E-state index is 12.3. The van der Waals surface area contributed by atoms with E-state index >= 15 is 0 Å². The van der Waals surface area contributed by atoms with Crippen LogP contribution in [0, 0.1) is 0 Å². The molecule has 0 saturated heterocycles. The molecule has 3 aromatic rings. The minimum atomic E-state index is -0.892. The summed E-state index contributed by atoms with van der Waals surface area (Å²) in [7, 11) is 0. The van der Waals surface area contributed by atoms with Crippen LogP contribution in [0.5, 0.6) is 11.5 Å². The van der Waals surface area contributed by atoms with Crippen LogP contribution in [-0.2, 0) is 16.0 Å². The van der Waals surface area contributed by atoms with Crippen molar-refractivity contribution < 1.29 is 23.9 Å². The lowest BCUT2D eigenvalue weighted by molar-refractivity contribution is -0.136. The molecule has 0 radical (unpaired) electrons. The smallest absolute Gasteiger partial charge is 0.343 e. The van der Waals surface area contributed by atoms with Crippen molar-refractivity contribution in [2.45, 2.75) is 20.3 Å². The number of esters is 1. The van der Waals surface area contributed by atoms with Gasteiger partial charge in [-0.25, -0.2) is 10.2 Å². The average molecular weight is 460 g/mol. The summed E-state index contributed by atoms with van der Waals surface area (Å²) in [6.45, 7) is 4.46. The number of carbonyl (C=O) groups is 3. The summed E-state index contributed by atoms with van der Waals surface area (Å²) in [5.41, 5.74) is 4.87. The van der Waals surface area contributed by atoms with E-state index in [4.69, 9.17) is 9.47 Å². The molecule has 0 unspecified atom stereocenters. The van der Waals surface area contributed by atoms with Crippen LogP contribution >= 0.6 is 0 Å². The van der Waals surface area contributed by atoms with Gasteiger partial charge in [0.05, 0.1) is 18.4 Å². The van der Waals surface area contributed by atoms with Crippen LogP contribution in [0.15, 0.2) is 77.9 Å². The maximum Gasteiger partial charge on any atom is 0.343 e. The van der Waals surface area contributed by atoms with Gasteiger partial charge in [0.15, 0.2) is 0 Å². The molecule has 2 N–H and O–H groups in total. The van der Waals surface area contributed by atoms with Crippen molar-refractivity contribution in [2.75, 3.05) is 11.9 Å². The lowest BCUT2D eigenvalue weighted by Crippen LogP contribution is -2.32. The third-order valence-corrected chi connectivity index (χ3v) is 4.70. The van der Waals surface area contributed by atoms with Gasteiger partial charge in [-0.2, -0.15) is 5.10 Å². The van der Waals surface area contributed by atoms with Gasteiger partial charge in [0.2, 0.25) is 0 Å². The summed E-state index contributed by atoms with van der Waals surface area (Å²) >= 11 is 0. The zero-order valence-corrected chi connectivity index (χ0v) is 18.9. The first-order chi connectivity index (χ1) is 16.5. The molecule has 34 heavy (non-hydrogen) atoms. The molecule has 3 aromatic carbocycles. The Hall–Kier alpha value is -4.46. The largest absolute Gasteiger partial charge is 0.494 e. The van der Waals surface area contributed by atoms with E-state index < -0.39 is 17.8 Å². The zero-order valence-electron chi connectivity index (χ0n) is 18.9. The second-order valence-corrected chi connectivity index (χ2v) is 7.12. The normalized spacial score (nSPS) is 10.5. The second-order valence-electron chi connectivity index (χ2n) is 7.12. The summed E-state index contributed by atoms with van der Waals surface area (Å²) in [6.07, 6.45) is 2.26. The van der Waals surface area contributed by atoms with Crippen molar-refractivity contribution in [1.29, 1.82) is 0 Å². The first-order valence-electron chi connectivity index (χ1n) is 10.8. The number of hydrogen-bond acceptors (Lipinski definition) is 6. The number of benzene rings is 3. The SMILES string of the molecule is CCOc1ccc(C(=O)Oc2ccc(/C=N\NC(=O)C(=O)Nc3ccc(CC)cc3)cc2)cc1. The molecule has 0 saturated carbocycles. The number of nitrogens with zero attached hydrogens (tertiary/aromatic N) is 1. The number of amides is 2. The van der Waals surface area contributed by atoms with Crippen molar-refractivity contribution in [3.05, 3.63) is 89.5 Å². The Kier molecular flexibility index (Phi) is 8.51. The minimum Gasteiger partial charge on any atom is -0.494 e. The number of anilines is 1. The van der Waals surface area contributed by atoms with Gasteiger partial charge >= 0.3 is 17.8 Å². The first kappa shape index (κ1) is 24.2. The molecule has 8 nitrogen and oxygen atoms in total. The van der Waals surface area contributed by atoms with E-state index in [2.05, 4.69) is 15.8 Å². The molecule has 3 rings (SSSR count). The highest BCUT2D eigenvalue weighted by Gasteiger charge is 2.13. The molecule has 0 aromatic heterocycles. The third-order valence-electron chi connectivity index (χ3n) is 4.70. The number of hydrogen-bond donors (Lipinski definition) is 2. The monoisotopic (exact) mass is 459 g/mol. The van der Waals surface area contributed by atoms with Gasteiger partial charge in [0.1, 0.15) is 11.5 Å². The minimum absolute atomic E-state index is 0.355. The molecule has 0 heterocycles. The van der Waals surface area contributed by atoms with Crippen LogP contribution in [0.25, 0.3) is 0 Å². The van der Waals surface area contributed by atoms with Crippen LogP contribution in [0.3, 0.4) is 0 Å². The molecule has 0 bridgehead atoms. The topological polar surface area (TPSA) is 106 Å². The van der Waals surface area contributed by atoms with E-state index in [0.717, 1.165) is 12.0 Å². The van der Waals surface area contributed by atoms with E-state index in [9.17, 15) is 14.4 Å². The lowest BCUT2D eigenvalue weighted by Gasteiger charge is -2.06. The van der Waals surface area contributed by atoms with Gasteiger partial charge < -0.3 is 14.8 Å². The van der Waals surface area contributed by atoms with Crippen molar-refractivity contribution >= 4 is 29.7 Å². The molecule has 174 valence electrons. The van der Waals surface area contributed by atoms with E-state index in [0.29, 0.717) is 34.9 Å². The highest BCUT2D eigenvalue weighted by Crippen LogP contribution is 2.16. The number of ether oxygens (including phenoxy) is 2. The van der Waals surface area contributed by atoms with E-state index in [1.807, 2.05) is 26.0 Å². The first-order valence-corrected chi connectivity index (χ1v) is 10.8. The molecule has 8 heteroatoms. The van der Waals surface area contributed by atoms with Gasteiger partial charge in [0.25, 0.3) is 0 Å². The van der Waals surface area contributed by atoms with Crippen LogP contribution in [0.1, 0.15) is 35.3 Å². The number of hydrazone groups is 1. The Morgan fingerprint density at radius 3 is 2.09 bits per heavy atom. The summed E-state index contributed by atoms with van der Waals surface area (Å²) < 4.78 is 10.7. The lowest BCUT2D eigenvalue weighted by atomic mass is 10.1. The van der Waals surface area contributed by atoms with Crippen LogP contribution in [-0.4, -0.2) is 30.6 Å². The molecular formula is C26H25N3O5. The average Bonchev–Trinajstić information content (AvgIpc) is 2.86. The summed E-state index contributed by atoms with van der Waals surface area (Å²) in [6, 6.07) is 20.4. The predicted octanol–water partition coefficient (Wildman–Crippen LogP) is 3.96. The standard InChI is InChI=1S/C26H25N3O5/c1-3-18-5-11-21(12-6-18)28-24(30)25(31)29-27-17-19-7-13-23(14-8-19)34-26(32)20-9-15-22(16-10-20)33-4-2/h5-17H,3-4H2,1-2H3,(H,28,30)(H,29,31)/b27-17-. The Morgan fingerprint density at radius 2 is 1.47 bits per heavy atom. The molecule has 2 amide bonds. The van der Waals surface area contributed by atoms with Gasteiger partial charge in [-0.15, -0.1) is 0 Å². The van der Waals surface area contributed by atoms with E-state index in [-0.39, 0.29) is 0 Å². The maximum absolute atomic E-state index is 12.3. The number of rotatable bonds is 8. The molecule has 0 atom stereocenters. The van der Waals surface area contributed by atoms with Crippen molar-refractivity contribution in [1.82, 2.24) is 5.43 Å². The molecule has 0 fully saturated rings. The van der Waals surface area contributed by atoms with Crippen LogP contribution in [0.4, 0.5) is 5.69 Å². The van der Waals surface area contributed by atoms with E-state index in [1.165, 1.54) is 6.21 Å². The fourth-order valence-electron chi connectivity index (χ4n) is 2.87. The molecule has 0 aliphatic carbocycles. The third kappa shape index (κ3) is 7.03. The molecular weight excluding hydrogens is 434 g/mol. The van der Waals surface area contributed by atoms with Gasteiger partial charge in [-0.1, -0.05) is 19.1 Å². The molecule has 0 aliphatic rings. The van der Waals surface area contributed by atoms with Gasteiger partial charge in [0, 0.05) is 5.69 Å². The quantitative estimate of drug-likeness (QED) is 0.174.